The van der Waals surface area contributed by atoms with Crippen LogP contribution in [0.1, 0.15) is 73.9 Å². The second-order valence-electron chi connectivity index (χ2n) is 13.2. The van der Waals surface area contributed by atoms with E-state index in [9.17, 15) is 24.9 Å². The van der Waals surface area contributed by atoms with Gasteiger partial charge in [-0.3, -0.25) is 0 Å². The van der Waals surface area contributed by atoms with Crippen molar-refractivity contribution in [2.75, 3.05) is 26.3 Å². The minimum atomic E-state index is -2.35. The van der Waals surface area contributed by atoms with E-state index in [2.05, 4.69) is 51.8 Å². The summed E-state index contributed by atoms with van der Waals surface area (Å²) in [6.45, 7) is 1.57. The number of hydrogen-bond acceptors (Lipinski definition) is 14. The normalized spacial score (nSPS) is 26.1. The molecule has 2 atom stereocenters. The lowest BCUT2D eigenvalue weighted by Crippen LogP contribution is -2.54. The number of carbonyl (C=O) groups is 2. The highest BCUT2D eigenvalue weighted by atomic mass is 32.1. The number of nitrogens with zero attached hydrogens (tertiary/aromatic N) is 4. The van der Waals surface area contributed by atoms with E-state index >= 15 is 0 Å². The highest BCUT2D eigenvalue weighted by Gasteiger charge is 2.46. The van der Waals surface area contributed by atoms with Gasteiger partial charge in [-0.05, 0) is 63.5 Å². The molecule has 4 saturated heterocycles. The summed E-state index contributed by atoms with van der Waals surface area (Å²) in [6, 6.07) is 5.94. The first kappa shape index (κ1) is 34.1. The molecule has 4 bridgehead atoms. The molecule has 0 spiro atoms. The Bertz CT molecular complexity index is 1720. The van der Waals surface area contributed by atoms with Crippen LogP contribution in [0, 0.1) is 23.7 Å². The number of rotatable bonds is 11. The summed E-state index contributed by atoms with van der Waals surface area (Å²) in [4.78, 5) is 23.5. The number of aromatic nitrogens is 4. The second kappa shape index (κ2) is 14.5. The molecule has 5 N–H and O–H groups in total. The van der Waals surface area contributed by atoms with Crippen LogP contribution >= 0.6 is 23.5 Å². The van der Waals surface area contributed by atoms with Crippen LogP contribution in [0.3, 0.4) is 0 Å². The number of hydrogen-bond donors (Lipinski definition) is 5. The Kier molecular flexibility index (Phi) is 9.90. The zero-order valence-corrected chi connectivity index (χ0v) is 28.6. The third-order valence-electron chi connectivity index (χ3n) is 10.3. The Morgan fingerprint density at radius 2 is 1.28 bits per heavy atom. The van der Waals surface area contributed by atoms with Gasteiger partial charge in [0.2, 0.25) is 6.10 Å². The number of benzene rings is 1. The summed E-state index contributed by atoms with van der Waals surface area (Å²) in [5.74, 6) is 9.07. The maximum absolute atomic E-state index is 12.0. The van der Waals surface area contributed by atoms with Gasteiger partial charge in [-0.15, -0.1) is 8.75 Å². The lowest BCUT2D eigenvalue weighted by molar-refractivity contribution is -0.163. The van der Waals surface area contributed by atoms with E-state index in [1.165, 1.54) is 0 Å². The fraction of sp³-hybridized carbons (Fsp3) is 0.529. The monoisotopic (exact) mass is 720 g/mol. The Morgan fingerprint density at radius 3 is 1.68 bits per heavy atom. The Hall–Kier alpha value is -4.32. The molecule has 2 aliphatic carbocycles. The van der Waals surface area contributed by atoms with Gasteiger partial charge in [-0.1, -0.05) is 29.7 Å². The molecule has 6 heterocycles. The van der Waals surface area contributed by atoms with Crippen LogP contribution in [0.4, 0.5) is 0 Å². The van der Waals surface area contributed by atoms with Gasteiger partial charge in [0.05, 0.1) is 34.6 Å². The van der Waals surface area contributed by atoms with E-state index in [0.717, 1.165) is 99.3 Å². The highest BCUT2D eigenvalue weighted by Crippen LogP contribution is 2.46. The molecule has 2 aromatic heterocycles. The number of aliphatic carboxylic acids is 2. The molecule has 4 aliphatic heterocycles. The van der Waals surface area contributed by atoms with Crippen molar-refractivity contribution in [1.29, 1.82) is 0 Å². The van der Waals surface area contributed by atoms with Crippen LogP contribution in [0.25, 0.3) is 0 Å². The minimum absolute atomic E-state index is 0.0461. The van der Waals surface area contributed by atoms with E-state index in [0.29, 0.717) is 23.8 Å². The lowest BCUT2D eigenvalue weighted by Gasteiger charge is -2.46. The molecule has 14 nitrogen and oxygen atoms in total. The molecular formula is C34H36N6O8S2. The summed E-state index contributed by atoms with van der Waals surface area (Å²) in [5, 5.41) is 36.4. The van der Waals surface area contributed by atoms with Gasteiger partial charge in [0.15, 0.2) is 25.1 Å². The van der Waals surface area contributed by atoms with Crippen molar-refractivity contribution in [2.45, 2.75) is 86.5 Å². The molecular weight excluding hydrogens is 685 g/mol. The number of fused-ring (bicyclic) bond motifs is 6. The number of carboxylic acid groups (broad SMARTS) is 2. The number of ether oxygens (including phenoxy) is 3. The molecule has 9 rings (SSSR count). The lowest BCUT2D eigenvalue weighted by atomic mass is 9.67. The summed E-state index contributed by atoms with van der Waals surface area (Å²) in [6.07, 6.45) is 3.93. The number of carboxylic acids is 2. The maximum atomic E-state index is 12.0. The fourth-order valence-corrected chi connectivity index (χ4v) is 8.67. The molecule has 0 radical (unpaired) electrons. The van der Waals surface area contributed by atoms with E-state index in [1.807, 2.05) is 0 Å². The SMILES string of the molecule is O=C(O)C(Oc1c(C#CCOc2nsnc2C23CCC(CC2)NC3)cccc1C#CCOc1nsnc1C12CCC(CC1)NC2)[C@@H](O)C(=O)O. The Labute approximate surface area is 296 Å². The molecule has 1 unspecified atom stereocenters. The maximum Gasteiger partial charge on any atom is 0.348 e. The van der Waals surface area contributed by atoms with E-state index < -0.39 is 24.1 Å². The predicted octanol–water partition coefficient (Wildman–Crippen LogP) is 2.10. The van der Waals surface area contributed by atoms with E-state index in [-0.39, 0.29) is 40.9 Å². The fourth-order valence-electron chi connectivity index (χ4n) is 7.46. The molecule has 50 heavy (non-hydrogen) atoms. The van der Waals surface area contributed by atoms with Crippen LogP contribution < -0.4 is 24.8 Å². The molecule has 262 valence electrons. The van der Waals surface area contributed by atoms with Gasteiger partial charge in [0.1, 0.15) is 11.4 Å². The van der Waals surface area contributed by atoms with Gasteiger partial charge in [-0.25, -0.2) is 9.59 Å². The standard InChI is InChI=1S/C34H36N6O8S2/c41-24(31(42)43)26(32(44)45)48-25-20(6-2-16-46-29-27(37-49-39-29)33-12-8-22(9-13-33)35-18-33)4-1-5-21(25)7-3-17-47-30-28(38-50-40-30)34-14-10-23(11-15-34)36-19-34/h1,4-5,22-24,26,35-36,41H,8-19H2,(H,42,43)(H,44,45)/t22?,23?,24-,26?,33?,34?/m1/s1. The average Bonchev–Trinajstić information content (AvgIpc) is 3.83. The molecule has 1 aromatic carbocycles. The summed E-state index contributed by atoms with van der Waals surface area (Å²) in [7, 11) is 0. The van der Waals surface area contributed by atoms with Gasteiger partial charge in [-0.2, -0.15) is 8.75 Å². The van der Waals surface area contributed by atoms with Crippen molar-refractivity contribution in [3.05, 3.63) is 40.7 Å². The zero-order valence-electron chi connectivity index (χ0n) is 27.0. The quantitative estimate of drug-likeness (QED) is 0.181. The number of piperidine rings is 4. The van der Waals surface area contributed by atoms with Crippen LogP contribution in [0.2, 0.25) is 0 Å². The molecule has 0 amide bonds. The summed E-state index contributed by atoms with van der Waals surface area (Å²) in [5.41, 5.74) is 1.91. The zero-order chi connectivity index (χ0) is 34.7. The number of nitrogens with one attached hydrogen (secondary N) is 2. The first-order valence-electron chi connectivity index (χ1n) is 16.6. The topological polar surface area (TPSA) is 198 Å². The van der Waals surface area contributed by atoms with Gasteiger partial charge in [0.25, 0.3) is 11.8 Å². The third-order valence-corrected chi connectivity index (χ3v) is 11.3. The molecule has 16 heteroatoms. The van der Waals surface area contributed by atoms with Gasteiger partial charge >= 0.3 is 11.9 Å². The second-order valence-corrected chi connectivity index (χ2v) is 14.3. The van der Waals surface area contributed by atoms with E-state index in [1.54, 1.807) is 18.2 Å². The number of para-hydroxylation sites is 1. The van der Waals surface area contributed by atoms with Crippen LogP contribution in [0.5, 0.6) is 17.5 Å². The van der Waals surface area contributed by atoms with Gasteiger partial charge < -0.3 is 40.2 Å². The summed E-state index contributed by atoms with van der Waals surface area (Å²) < 4.78 is 35.5. The number of aliphatic hydroxyl groups excluding tert-OH is 1. The van der Waals surface area contributed by atoms with Crippen LogP contribution in [-0.4, -0.2) is 95.3 Å². The first-order valence-corrected chi connectivity index (χ1v) is 18.0. The summed E-state index contributed by atoms with van der Waals surface area (Å²) >= 11 is 2.20. The average molecular weight is 721 g/mol. The van der Waals surface area contributed by atoms with Crippen molar-refractivity contribution in [2.24, 2.45) is 0 Å². The van der Waals surface area contributed by atoms with Crippen LogP contribution in [0.15, 0.2) is 18.2 Å². The van der Waals surface area contributed by atoms with Crippen molar-refractivity contribution < 1.29 is 39.1 Å². The molecule has 6 aliphatic rings. The Balaban J connectivity index is 1.09. The van der Waals surface area contributed by atoms with Crippen molar-refractivity contribution in [3.63, 3.8) is 0 Å². The molecule has 3 aromatic rings. The van der Waals surface area contributed by atoms with E-state index in [4.69, 9.17) is 14.2 Å². The molecule has 2 saturated carbocycles. The first-order chi connectivity index (χ1) is 24.3. The molecule has 6 fully saturated rings. The largest absolute Gasteiger partial charge is 0.479 e. The number of aliphatic hydroxyl groups is 1. The Morgan fingerprint density at radius 1 is 0.800 bits per heavy atom. The predicted molar refractivity (Wildman–Crippen MR) is 181 cm³/mol. The van der Waals surface area contributed by atoms with Gasteiger partial charge in [0, 0.05) is 36.0 Å². The van der Waals surface area contributed by atoms with Crippen molar-refractivity contribution in [3.8, 4) is 41.2 Å². The van der Waals surface area contributed by atoms with Crippen LogP contribution in [-0.2, 0) is 20.4 Å². The van der Waals surface area contributed by atoms with Crippen molar-refractivity contribution >= 4 is 35.4 Å². The van der Waals surface area contributed by atoms with Crippen molar-refractivity contribution in [1.82, 2.24) is 28.1 Å². The smallest absolute Gasteiger partial charge is 0.348 e. The highest BCUT2D eigenvalue weighted by molar-refractivity contribution is 6.99. The minimum Gasteiger partial charge on any atom is -0.479 e. The third kappa shape index (κ3) is 6.86.